The van der Waals surface area contributed by atoms with Crippen LogP contribution in [0.2, 0.25) is 0 Å². The largest absolute Gasteiger partial charge is 0.456 e. The van der Waals surface area contributed by atoms with Crippen molar-refractivity contribution in [3.63, 3.8) is 0 Å². The first kappa shape index (κ1) is 34.7. The fraction of sp³-hybridized carbons (Fsp3) is 0. The summed E-state index contributed by atoms with van der Waals surface area (Å²) in [7, 11) is 0. The summed E-state index contributed by atoms with van der Waals surface area (Å²) in [5.74, 6) is 1.76. The molecular weight excluding hydrogens is 795 g/mol. The molecule has 0 saturated heterocycles. The summed E-state index contributed by atoms with van der Waals surface area (Å²) >= 11 is 0. The summed E-state index contributed by atoms with van der Waals surface area (Å²) in [6.07, 6.45) is 0. The Hall–Kier alpha value is -8.80. The van der Waals surface area contributed by atoms with Gasteiger partial charge in [0.2, 0.25) is 0 Å². The van der Waals surface area contributed by atoms with Crippen molar-refractivity contribution in [2.45, 2.75) is 0 Å². The van der Waals surface area contributed by atoms with E-state index >= 15 is 0 Å². The minimum atomic E-state index is 0.872. The fourth-order valence-electron chi connectivity index (χ4n) is 10.9. The highest BCUT2D eigenvalue weighted by atomic mass is 16.5. The molecular formula is C60H35N3O2. The molecule has 14 aromatic rings. The Bertz CT molecular complexity index is 4330. The zero-order valence-electron chi connectivity index (χ0n) is 34.9. The molecule has 302 valence electrons. The van der Waals surface area contributed by atoms with Crippen LogP contribution >= 0.6 is 0 Å². The Labute approximate surface area is 371 Å². The molecule has 1 aliphatic heterocycles. The molecule has 0 unspecified atom stereocenters. The maximum Gasteiger partial charge on any atom is 0.152 e. The molecule has 5 heterocycles. The van der Waals surface area contributed by atoms with Gasteiger partial charge in [-0.05, 0) is 119 Å². The van der Waals surface area contributed by atoms with E-state index in [2.05, 4.69) is 202 Å². The summed E-state index contributed by atoms with van der Waals surface area (Å²) in [5.41, 5.74) is 16.9. The topological polar surface area (TPSA) is 37.2 Å². The summed E-state index contributed by atoms with van der Waals surface area (Å²) in [4.78, 5) is 0. The van der Waals surface area contributed by atoms with Crippen LogP contribution in [-0.2, 0) is 0 Å². The monoisotopic (exact) mass is 829 g/mol. The summed E-state index contributed by atoms with van der Waals surface area (Å²) < 4.78 is 19.7. The van der Waals surface area contributed by atoms with E-state index in [1.807, 2.05) is 24.3 Å². The minimum Gasteiger partial charge on any atom is -0.456 e. The van der Waals surface area contributed by atoms with Crippen molar-refractivity contribution in [1.29, 1.82) is 0 Å². The van der Waals surface area contributed by atoms with Crippen LogP contribution < -0.4 is 4.74 Å². The number of benzene rings is 10. The number of para-hydroxylation sites is 6. The van der Waals surface area contributed by atoms with Crippen molar-refractivity contribution in [2.75, 3.05) is 0 Å². The van der Waals surface area contributed by atoms with Gasteiger partial charge in [0.25, 0.3) is 0 Å². The molecule has 0 aliphatic carbocycles. The van der Waals surface area contributed by atoms with E-state index in [0.29, 0.717) is 0 Å². The molecule has 0 saturated carbocycles. The highest BCUT2D eigenvalue weighted by Crippen LogP contribution is 2.46. The van der Waals surface area contributed by atoms with E-state index < -0.39 is 0 Å². The Morgan fingerprint density at radius 2 is 0.815 bits per heavy atom. The average Bonchev–Trinajstić information content (AvgIpc) is 4.10. The molecule has 0 fully saturated rings. The number of aromatic nitrogens is 3. The van der Waals surface area contributed by atoms with Gasteiger partial charge in [-0.2, -0.15) is 0 Å². The number of hydrogen-bond donors (Lipinski definition) is 0. The summed E-state index contributed by atoms with van der Waals surface area (Å²) in [6, 6.07) is 76.7. The predicted molar refractivity (Wildman–Crippen MR) is 268 cm³/mol. The van der Waals surface area contributed by atoms with Gasteiger partial charge in [-0.3, -0.25) is 0 Å². The van der Waals surface area contributed by atoms with Crippen molar-refractivity contribution < 1.29 is 9.15 Å². The zero-order valence-corrected chi connectivity index (χ0v) is 34.9. The van der Waals surface area contributed by atoms with Crippen LogP contribution in [0.4, 0.5) is 0 Å². The van der Waals surface area contributed by atoms with E-state index in [-0.39, 0.29) is 0 Å². The second-order valence-electron chi connectivity index (χ2n) is 17.3. The van der Waals surface area contributed by atoms with Crippen LogP contribution in [0.3, 0.4) is 0 Å². The maximum atomic E-state index is 6.37. The van der Waals surface area contributed by atoms with Crippen LogP contribution in [0.25, 0.3) is 127 Å². The molecule has 0 atom stereocenters. The SMILES string of the molecule is c1ccc2c(c1)Oc1cccc3c4ccc(-c5ccc(-n6c7ccccc7c7cc(-c8ccc9c(c8)c8ccccc8n9-c8ccc9oc%10ccccc%10c9c8)ccc76)cc5)cc4n-2c13. The molecule has 65 heavy (non-hydrogen) atoms. The Morgan fingerprint density at radius 3 is 1.58 bits per heavy atom. The molecule has 4 aromatic heterocycles. The van der Waals surface area contributed by atoms with Gasteiger partial charge in [0.05, 0.1) is 38.8 Å². The first-order chi connectivity index (χ1) is 32.2. The number of fused-ring (bicyclic) bond motifs is 14. The van der Waals surface area contributed by atoms with Crippen LogP contribution in [0.15, 0.2) is 217 Å². The maximum absolute atomic E-state index is 6.37. The highest BCUT2D eigenvalue weighted by molar-refractivity contribution is 6.15. The summed E-state index contributed by atoms with van der Waals surface area (Å²) in [6.45, 7) is 0. The summed E-state index contributed by atoms with van der Waals surface area (Å²) in [5, 5.41) is 9.59. The molecule has 15 rings (SSSR count). The predicted octanol–water partition coefficient (Wildman–Crippen LogP) is 16.3. The first-order valence-corrected chi connectivity index (χ1v) is 22.2. The average molecular weight is 830 g/mol. The van der Waals surface area contributed by atoms with Gasteiger partial charge in [-0.1, -0.05) is 115 Å². The van der Waals surface area contributed by atoms with E-state index in [1.54, 1.807) is 0 Å². The number of furan rings is 1. The number of nitrogens with zero attached hydrogens (tertiary/aromatic N) is 3. The standard InChI is InChI=1S/C60H35N3O2/c1-4-14-50-42(10-1)47-32-37(38-24-30-53-48(33-38)43-11-2-5-15-51(43)62(53)41-27-31-57-49(35-41)45-12-3-7-17-56(45)64-57)23-29-52(47)61(50)40-25-20-36(21-26-40)39-22-28-44-46-13-9-19-59-60(46)63(55(44)34-39)54-16-6-8-18-58(54)65-59/h1-35H. The highest BCUT2D eigenvalue weighted by Gasteiger charge is 2.24. The molecule has 5 nitrogen and oxygen atoms in total. The van der Waals surface area contributed by atoms with Crippen molar-refractivity contribution in [3.05, 3.63) is 212 Å². The normalized spacial score (nSPS) is 12.4. The van der Waals surface area contributed by atoms with E-state index in [9.17, 15) is 0 Å². The van der Waals surface area contributed by atoms with Crippen molar-refractivity contribution >= 4 is 87.4 Å². The van der Waals surface area contributed by atoms with Crippen molar-refractivity contribution in [1.82, 2.24) is 13.7 Å². The van der Waals surface area contributed by atoms with Gasteiger partial charge in [-0.15, -0.1) is 0 Å². The quantitative estimate of drug-likeness (QED) is 0.177. The Morgan fingerprint density at radius 1 is 0.277 bits per heavy atom. The molecule has 0 radical (unpaired) electrons. The minimum absolute atomic E-state index is 0.872. The van der Waals surface area contributed by atoms with Crippen molar-refractivity contribution in [3.8, 4) is 50.8 Å². The molecule has 0 bridgehead atoms. The van der Waals surface area contributed by atoms with Gasteiger partial charge in [-0.25, -0.2) is 0 Å². The van der Waals surface area contributed by atoms with Gasteiger partial charge < -0.3 is 22.9 Å². The lowest BCUT2D eigenvalue weighted by atomic mass is 10.0. The van der Waals surface area contributed by atoms with Crippen LogP contribution in [0, 0.1) is 0 Å². The number of hydrogen-bond acceptors (Lipinski definition) is 2. The zero-order chi connectivity index (χ0) is 42.3. The molecule has 0 spiro atoms. The van der Waals surface area contributed by atoms with E-state index in [1.165, 1.54) is 82.2 Å². The Kier molecular flexibility index (Phi) is 6.89. The smallest absolute Gasteiger partial charge is 0.152 e. The lowest BCUT2D eigenvalue weighted by Gasteiger charge is -2.20. The third-order valence-electron chi connectivity index (χ3n) is 13.8. The van der Waals surface area contributed by atoms with Crippen LogP contribution in [0.1, 0.15) is 0 Å². The lowest BCUT2D eigenvalue weighted by molar-refractivity contribution is 0.476. The number of rotatable bonds is 4. The molecule has 0 N–H and O–H groups in total. The van der Waals surface area contributed by atoms with Gasteiger partial charge in [0, 0.05) is 54.5 Å². The molecule has 0 amide bonds. The van der Waals surface area contributed by atoms with Gasteiger partial charge in [0.15, 0.2) is 11.5 Å². The van der Waals surface area contributed by atoms with Crippen LogP contribution in [0.5, 0.6) is 11.5 Å². The van der Waals surface area contributed by atoms with Crippen LogP contribution in [-0.4, -0.2) is 13.7 Å². The van der Waals surface area contributed by atoms with Gasteiger partial charge >= 0.3 is 0 Å². The Balaban J connectivity index is 0.826. The van der Waals surface area contributed by atoms with E-state index in [4.69, 9.17) is 9.15 Å². The third-order valence-corrected chi connectivity index (χ3v) is 13.8. The first-order valence-electron chi connectivity index (χ1n) is 22.2. The number of ether oxygens (including phenoxy) is 1. The lowest BCUT2D eigenvalue weighted by Crippen LogP contribution is -2.03. The molecule has 1 aliphatic rings. The van der Waals surface area contributed by atoms with E-state index in [0.717, 1.165) is 56.0 Å². The second-order valence-corrected chi connectivity index (χ2v) is 17.3. The fourth-order valence-corrected chi connectivity index (χ4v) is 10.9. The molecule has 10 aromatic carbocycles. The third kappa shape index (κ3) is 4.87. The molecule has 5 heteroatoms. The second kappa shape index (κ2) is 12.9. The van der Waals surface area contributed by atoms with Crippen molar-refractivity contribution in [2.24, 2.45) is 0 Å². The van der Waals surface area contributed by atoms with Gasteiger partial charge in [0.1, 0.15) is 11.2 Å².